The van der Waals surface area contributed by atoms with E-state index in [-0.39, 0.29) is 24.5 Å². The van der Waals surface area contributed by atoms with Gasteiger partial charge in [-0.2, -0.15) is 0 Å². The van der Waals surface area contributed by atoms with Crippen molar-refractivity contribution in [2.24, 2.45) is 0 Å². The summed E-state index contributed by atoms with van der Waals surface area (Å²) in [5, 5.41) is 10.8. The van der Waals surface area contributed by atoms with Crippen molar-refractivity contribution in [2.45, 2.75) is 12.6 Å². The van der Waals surface area contributed by atoms with E-state index in [1.807, 2.05) is 78.9 Å². The number of nitrogens with zero attached hydrogens (tertiary/aromatic N) is 1. The van der Waals surface area contributed by atoms with Crippen LogP contribution in [0.15, 0.2) is 84.6 Å². The molecule has 0 radical (unpaired) electrons. The Morgan fingerprint density at radius 2 is 1.59 bits per heavy atom. The molecule has 29 heavy (non-hydrogen) atoms. The van der Waals surface area contributed by atoms with Gasteiger partial charge in [0, 0.05) is 12.1 Å². The minimum atomic E-state index is -0.379. The van der Waals surface area contributed by atoms with Crippen molar-refractivity contribution in [1.82, 2.24) is 4.90 Å². The molecule has 1 unspecified atom stereocenters. The zero-order valence-electron chi connectivity index (χ0n) is 15.6. The lowest BCUT2D eigenvalue weighted by Gasteiger charge is -2.27. The second-order valence-electron chi connectivity index (χ2n) is 7.06. The fraction of sp³-hybridized carbons (Fsp3) is 0.125. The molecule has 3 aromatic carbocycles. The first-order valence-corrected chi connectivity index (χ1v) is 9.45. The summed E-state index contributed by atoms with van der Waals surface area (Å²) in [7, 11) is 0. The third-order valence-corrected chi connectivity index (χ3v) is 5.29. The SMILES string of the molecule is O=C1C(O)=C(c2ccccc2)C(c2ccccc2)N1Cc1ccc2c(c1)OCO2. The van der Waals surface area contributed by atoms with Crippen LogP contribution in [0.3, 0.4) is 0 Å². The number of amides is 1. The lowest BCUT2D eigenvalue weighted by Crippen LogP contribution is -2.29. The summed E-state index contributed by atoms with van der Waals surface area (Å²) in [5.41, 5.74) is 3.32. The van der Waals surface area contributed by atoms with Crippen LogP contribution in [0.2, 0.25) is 0 Å². The van der Waals surface area contributed by atoms with E-state index in [9.17, 15) is 9.90 Å². The van der Waals surface area contributed by atoms with Gasteiger partial charge in [0.1, 0.15) is 0 Å². The van der Waals surface area contributed by atoms with Gasteiger partial charge in [0.15, 0.2) is 17.3 Å². The Kier molecular flexibility index (Phi) is 4.21. The molecule has 0 aromatic heterocycles. The number of hydrogen-bond donors (Lipinski definition) is 1. The molecule has 3 aromatic rings. The topological polar surface area (TPSA) is 59.0 Å². The summed E-state index contributed by atoms with van der Waals surface area (Å²) >= 11 is 0. The van der Waals surface area contributed by atoms with Gasteiger partial charge in [-0.05, 0) is 28.8 Å². The number of carbonyl (C=O) groups is 1. The summed E-state index contributed by atoms with van der Waals surface area (Å²) < 4.78 is 10.8. The number of aliphatic hydroxyl groups excluding tert-OH is 1. The summed E-state index contributed by atoms with van der Waals surface area (Å²) in [5.74, 6) is 0.791. The van der Waals surface area contributed by atoms with Gasteiger partial charge >= 0.3 is 0 Å². The van der Waals surface area contributed by atoms with Gasteiger partial charge in [0.05, 0.1) is 6.04 Å². The average Bonchev–Trinajstić information content (AvgIpc) is 3.33. The van der Waals surface area contributed by atoms with Gasteiger partial charge < -0.3 is 19.5 Å². The highest BCUT2D eigenvalue weighted by Gasteiger charge is 2.41. The molecule has 0 aliphatic carbocycles. The summed E-state index contributed by atoms with van der Waals surface area (Å²) in [6.45, 7) is 0.546. The first kappa shape index (κ1) is 17.4. The number of benzene rings is 3. The van der Waals surface area contributed by atoms with E-state index in [0.29, 0.717) is 23.6 Å². The number of fused-ring (bicyclic) bond motifs is 1. The van der Waals surface area contributed by atoms with Crippen molar-refractivity contribution >= 4 is 11.5 Å². The van der Waals surface area contributed by atoms with Crippen LogP contribution in [0.25, 0.3) is 5.57 Å². The Morgan fingerprint density at radius 3 is 2.34 bits per heavy atom. The Balaban J connectivity index is 1.57. The Labute approximate surface area is 168 Å². The van der Waals surface area contributed by atoms with Crippen molar-refractivity contribution in [3.63, 3.8) is 0 Å². The number of rotatable bonds is 4. The molecule has 0 fully saturated rings. The van der Waals surface area contributed by atoms with Crippen LogP contribution < -0.4 is 9.47 Å². The minimum absolute atomic E-state index is 0.203. The third kappa shape index (κ3) is 3.01. The molecule has 2 aliphatic heterocycles. The molecule has 0 saturated heterocycles. The van der Waals surface area contributed by atoms with Crippen LogP contribution in [0.4, 0.5) is 0 Å². The lowest BCUT2D eigenvalue weighted by molar-refractivity contribution is -0.130. The van der Waals surface area contributed by atoms with Crippen LogP contribution in [0, 0.1) is 0 Å². The van der Waals surface area contributed by atoms with Gasteiger partial charge in [-0.1, -0.05) is 66.7 Å². The molecule has 1 atom stereocenters. The van der Waals surface area contributed by atoms with E-state index >= 15 is 0 Å². The standard InChI is InChI=1S/C24H19NO4/c26-23-21(17-7-3-1-4-8-17)22(18-9-5-2-6-10-18)25(24(23)27)14-16-11-12-19-20(13-16)29-15-28-19/h1-13,22,26H,14-15H2. The molecule has 5 nitrogen and oxygen atoms in total. The molecular formula is C24H19NO4. The predicted octanol–water partition coefficient (Wildman–Crippen LogP) is 4.47. The maximum Gasteiger partial charge on any atom is 0.290 e. The third-order valence-electron chi connectivity index (χ3n) is 5.29. The summed E-state index contributed by atoms with van der Waals surface area (Å²) in [4.78, 5) is 14.8. The van der Waals surface area contributed by atoms with Crippen molar-refractivity contribution in [1.29, 1.82) is 0 Å². The number of carbonyl (C=O) groups excluding carboxylic acids is 1. The molecule has 5 heteroatoms. The molecule has 2 aliphatic rings. The summed E-state index contributed by atoms with van der Waals surface area (Å²) in [6, 6.07) is 24.6. The van der Waals surface area contributed by atoms with E-state index < -0.39 is 0 Å². The predicted molar refractivity (Wildman–Crippen MR) is 108 cm³/mol. The monoisotopic (exact) mass is 385 g/mol. The molecule has 144 valence electrons. The van der Waals surface area contributed by atoms with Crippen LogP contribution >= 0.6 is 0 Å². The van der Waals surface area contributed by atoms with Gasteiger partial charge in [-0.15, -0.1) is 0 Å². The smallest absolute Gasteiger partial charge is 0.290 e. The zero-order chi connectivity index (χ0) is 19.8. The van der Waals surface area contributed by atoms with Crippen LogP contribution in [-0.4, -0.2) is 22.7 Å². The maximum absolute atomic E-state index is 13.1. The van der Waals surface area contributed by atoms with Gasteiger partial charge in [0.2, 0.25) is 6.79 Å². The van der Waals surface area contributed by atoms with E-state index in [4.69, 9.17) is 9.47 Å². The fourth-order valence-corrected chi connectivity index (χ4v) is 3.95. The van der Waals surface area contributed by atoms with E-state index in [0.717, 1.165) is 16.7 Å². The van der Waals surface area contributed by atoms with Crippen molar-refractivity contribution in [3.8, 4) is 11.5 Å². The van der Waals surface area contributed by atoms with E-state index in [1.54, 1.807) is 4.90 Å². The van der Waals surface area contributed by atoms with Crippen molar-refractivity contribution in [3.05, 3.63) is 101 Å². The molecule has 0 spiro atoms. The maximum atomic E-state index is 13.1. The fourth-order valence-electron chi connectivity index (χ4n) is 3.95. The van der Waals surface area contributed by atoms with E-state index in [2.05, 4.69) is 0 Å². The van der Waals surface area contributed by atoms with Gasteiger partial charge in [-0.25, -0.2) is 0 Å². The second kappa shape index (κ2) is 7.02. The quantitative estimate of drug-likeness (QED) is 0.720. The minimum Gasteiger partial charge on any atom is -0.503 e. The highest BCUT2D eigenvalue weighted by Crippen LogP contribution is 2.44. The second-order valence-corrected chi connectivity index (χ2v) is 7.06. The highest BCUT2D eigenvalue weighted by molar-refractivity contribution is 6.05. The Hall–Kier alpha value is -3.73. The van der Waals surface area contributed by atoms with Gasteiger partial charge in [0.25, 0.3) is 5.91 Å². The van der Waals surface area contributed by atoms with Crippen LogP contribution in [0.5, 0.6) is 11.5 Å². The van der Waals surface area contributed by atoms with Crippen molar-refractivity contribution in [2.75, 3.05) is 6.79 Å². The number of hydrogen-bond acceptors (Lipinski definition) is 4. The molecule has 5 rings (SSSR count). The van der Waals surface area contributed by atoms with Crippen LogP contribution in [-0.2, 0) is 11.3 Å². The largest absolute Gasteiger partial charge is 0.503 e. The molecule has 1 N–H and O–H groups in total. The normalized spacial score (nSPS) is 17.9. The number of aliphatic hydroxyl groups is 1. The molecule has 1 amide bonds. The first-order chi connectivity index (χ1) is 14.2. The zero-order valence-corrected chi connectivity index (χ0v) is 15.6. The molecule has 0 saturated carbocycles. The summed E-state index contributed by atoms with van der Waals surface area (Å²) in [6.07, 6.45) is 0. The molecule has 0 bridgehead atoms. The van der Waals surface area contributed by atoms with Crippen LogP contribution in [0.1, 0.15) is 22.7 Å². The Bertz CT molecular complexity index is 1090. The lowest BCUT2D eigenvalue weighted by atomic mass is 9.93. The highest BCUT2D eigenvalue weighted by atomic mass is 16.7. The van der Waals surface area contributed by atoms with Crippen molar-refractivity contribution < 1.29 is 19.4 Å². The first-order valence-electron chi connectivity index (χ1n) is 9.45. The van der Waals surface area contributed by atoms with Gasteiger partial charge in [-0.3, -0.25) is 4.79 Å². The molecular weight excluding hydrogens is 366 g/mol. The molecule has 2 heterocycles. The Morgan fingerprint density at radius 1 is 0.897 bits per heavy atom. The van der Waals surface area contributed by atoms with E-state index in [1.165, 1.54) is 0 Å². The average molecular weight is 385 g/mol. The number of ether oxygens (including phenoxy) is 2.